The molecule has 0 spiro atoms. The summed E-state index contributed by atoms with van der Waals surface area (Å²) in [6.45, 7) is 7.14. The zero-order valence-corrected chi connectivity index (χ0v) is 13.3. The molecule has 8 heteroatoms. The van der Waals surface area contributed by atoms with E-state index in [9.17, 15) is 23.7 Å². The molecular weight excluding hydrogens is 298 g/mol. The lowest BCUT2D eigenvalue weighted by molar-refractivity contribution is -0.386. The van der Waals surface area contributed by atoms with Gasteiger partial charge in [0.15, 0.2) is 11.6 Å². The van der Waals surface area contributed by atoms with Crippen LogP contribution in [0.5, 0.6) is 0 Å². The molecule has 6 nitrogen and oxygen atoms in total. The highest BCUT2D eigenvalue weighted by molar-refractivity contribution is 5.88. The molecule has 1 rings (SSSR count). The van der Waals surface area contributed by atoms with Gasteiger partial charge in [-0.1, -0.05) is 0 Å². The quantitative estimate of drug-likeness (QED) is 0.613. The number of hydrogen-bond donors (Lipinski definition) is 0. The Kier molecular flexibility index (Phi) is 4.74. The summed E-state index contributed by atoms with van der Waals surface area (Å²) < 4.78 is 33.7. The predicted octanol–water partition coefficient (Wildman–Crippen LogP) is 3.86. The summed E-state index contributed by atoms with van der Waals surface area (Å²) in [6, 6.07) is 0. The molecule has 0 aromatic heterocycles. The van der Waals surface area contributed by atoms with Crippen LogP contribution in [0.2, 0.25) is 0 Å². The maximum Gasteiger partial charge on any atom is 0.414 e. The first kappa shape index (κ1) is 17.8. The standard InChI is InChI=1S/C14H18F2N2O4/c1-7-9(15)12(10(16)8(2)11(7)18(20)21)17(6)13(19)22-14(3,4)5/h1-6H3. The maximum atomic E-state index is 14.3. The molecule has 122 valence electrons. The van der Waals surface area contributed by atoms with Crippen LogP contribution in [0.15, 0.2) is 0 Å². The van der Waals surface area contributed by atoms with Gasteiger partial charge in [-0.15, -0.1) is 0 Å². The highest BCUT2D eigenvalue weighted by atomic mass is 19.1. The van der Waals surface area contributed by atoms with Gasteiger partial charge in [-0.2, -0.15) is 0 Å². The summed E-state index contributed by atoms with van der Waals surface area (Å²) in [7, 11) is 1.14. The fourth-order valence-electron chi connectivity index (χ4n) is 1.93. The van der Waals surface area contributed by atoms with Crippen LogP contribution in [0.1, 0.15) is 31.9 Å². The second-order valence-electron chi connectivity index (χ2n) is 5.87. The second kappa shape index (κ2) is 5.86. The summed E-state index contributed by atoms with van der Waals surface area (Å²) in [5.41, 5.74) is -2.84. The Morgan fingerprint density at radius 1 is 1.18 bits per heavy atom. The Morgan fingerprint density at radius 2 is 1.59 bits per heavy atom. The van der Waals surface area contributed by atoms with Crippen LogP contribution in [0.25, 0.3) is 0 Å². The number of nitrogens with zero attached hydrogens (tertiary/aromatic N) is 2. The predicted molar refractivity (Wildman–Crippen MR) is 77.1 cm³/mol. The van der Waals surface area contributed by atoms with E-state index < -0.39 is 39.6 Å². The van der Waals surface area contributed by atoms with Gasteiger partial charge in [0.2, 0.25) is 0 Å². The minimum atomic E-state index is -1.16. The lowest BCUT2D eigenvalue weighted by Gasteiger charge is -2.25. The molecule has 0 radical (unpaired) electrons. The van der Waals surface area contributed by atoms with Gasteiger partial charge in [-0.05, 0) is 34.6 Å². The van der Waals surface area contributed by atoms with Gasteiger partial charge in [0, 0.05) is 7.05 Å². The monoisotopic (exact) mass is 316 g/mol. The van der Waals surface area contributed by atoms with E-state index in [0.717, 1.165) is 20.9 Å². The molecule has 0 fully saturated rings. The van der Waals surface area contributed by atoms with Crippen molar-refractivity contribution in [3.05, 3.63) is 32.9 Å². The zero-order chi connectivity index (χ0) is 17.4. The van der Waals surface area contributed by atoms with Gasteiger partial charge in [0.05, 0.1) is 16.1 Å². The summed E-state index contributed by atoms with van der Waals surface area (Å²) >= 11 is 0. The Labute approximate surface area is 126 Å². The van der Waals surface area contributed by atoms with Crippen molar-refractivity contribution in [1.82, 2.24) is 0 Å². The topological polar surface area (TPSA) is 72.7 Å². The number of halogens is 2. The van der Waals surface area contributed by atoms with E-state index >= 15 is 0 Å². The number of benzene rings is 1. The van der Waals surface area contributed by atoms with Crippen molar-refractivity contribution >= 4 is 17.5 Å². The molecule has 22 heavy (non-hydrogen) atoms. The minimum Gasteiger partial charge on any atom is -0.443 e. The van der Waals surface area contributed by atoms with E-state index in [-0.39, 0.29) is 11.1 Å². The van der Waals surface area contributed by atoms with Crippen LogP contribution in [-0.4, -0.2) is 23.7 Å². The van der Waals surface area contributed by atoms with Gasteiger partial charge in [-0.3, -0.25) is 15.0 Å². The number of rotatable bonds is 2. The maximum absolute atomic E-state index is 14.3. The number of nitro benzene ring substituents is 1. The van der Waals surface area contributed by atoms with Gasteiger partial charge < -0.3 is 4.74 Å². The molecule has 0 saturated heterocycles. The molecule has 1 amide bonds. The van der Waals surface area contributed by atoms with E-state index in [1.165, 1.54) is 0 Å². The second-order valence-corrected chi connectivity index (χ2v) is 5.87. The fourth-order valence-corrected chi connectivity index (χ4v) is 1.93. The Morgan fingerprint density at radius 3 is 1.91 bits per heavy atom. The van der Waals surface area contributed by atoms with Crippen LogP contribution < -0.4 is 4.90 Å². The molecule has 0 N–H and O–H groups in total. The third-order valence-electron chi connectivity index (χ3n) is 2.97. The number of ether oxygens (including phenoxy) is 1. The van der Waals surface area contributed by atoms with E-state index in [2.05, 4.69) is 0 Å². The van der Waals surface area contributed by atoms with Crippen molar-refractivity contribution in [2.75, 3.05) is 11.9 Å². The number of carbonyl (C=O) groups excluding carboxylic acids is 1. The number of carbonyl (C=O) groups is 1. The van der Waals surface area contributed by atoms with Gasteiger partial charge in [-0.25, -0.2) is 13.6 Å². The lowest BCUT2D eigenvalue weighted by atomic mass is 10.1. The minimum absolute atomic E-state index is 0.339. The highest BCUT2D eigenvalue weighted by Crippen LogP contribution is 2.36. The van der Waals surface area contributed by atoms with Crippen molar-refractivity contribution in [1.29, 1.82) is 0 Å². The summed E-state index contributed by atoms with van der Waals surface area (Å²) in [4.78, 5) is 22.7. The molecule has 0 aliphatic heterocycles. The van der Waals surface area contributed by atoms with E-state index in [1.807, 2.05) is 0 Å². The van der Waals surface area contributed by atoms with Crippen LogP contribution in [-0.2, 0) is 4.74 Å². The van der Waals surface area contributed by atoms with Crippen molar-refractivity contribution < 1.29 is 23.2 Å². The number of nitro groups is 1. The Hall–Kier alpha value is -2.25. The molecule has 0 bridgehead atoms. The van der Waals surface area contributed by atoms with Crippen molar-refractivity contribution in [3.63, 3.8) is 0 Å². The molecule has 0 aliphatic rings. The van der Waals surface area contributed by atoms with Crippen LogP contribution in [0.3, 0.4) is 0 Å². The average molecular weight is 316 g/mol. The molecule has 1 aromatic rings. The van der Waals surface area contributed by atoms with E-state index in [0.29, 0.717) is 4.90 Å². The third kappa shape index (κ3) is 3.32. The number of anilines is 1. The molecule has 0 aliphatic carbocycles. The van der Waals surface area contributed by atoms with Crippen molar-refractivity contribution in [2.24, 2.45) is 0 Å². The van der Waals surface area contributed by atoms with E-state index in [4.69, 9.17) is 4.74 Å². The first-order valence-electron chi connectivity index (χ1n) is 6.47. The number of amides is 1. The zero-order valence-electron chi connectivity index (χ0n) is 13.3. The van der Waals surface area contributed by atoms with Gasteiger partial charge in [0.25, 0.3) is 5.69 Å². The highest BCUT2D eigenvalue weighted by Gasteiger charge is 2.32. The molecule has 0 atom stereocenters. The fraction of sp³-hybridized carbons (Fsp3) is 0.500. The van der Waals surface area contributed by atoms with Crippen molar-refractivity contribution in [2.45, 2.75) is 40.2 Å². The summed E-state index contributed by atoms with van der Waals surface area (Å²) in [6.07, 6.45) is -0.960. The first-order valence-corrected chi connectivity index (χ1v) is 6.47. The lowest BCUT2D eigenvalue weighted by Crippen LogP contribution is -2.35. The van der Waals surface area contributed by atoms with Crippen LogP contribution >= 0.6 is 0 Å². The third-order valence-corrected chi connectivity index (χ3v) is 2.97. The Bertz CT molecular complexity index is 610. The molecule has 0 heterocycles. The largest absolute Gasteiger partial charge is 0.443 e. The molecule has 0 unspecified atom stereocenters. The summed E-state index contributed by atoms with van der Waals surface area (Å²) in [5, 5.41) is 10.9. The first-order chi connectivity index (χ1) is 9.88. The van der Waals surface area contributed by atoms with E-state index in [1.54, 1.807) is 20.8 Å². The van der Waals surface area contributed by atoms with Gasteiger partial charge >= 0.3 is 6.09 Å². The van der Waals surface area contributed by atoms with Crippen LogP contribution in [0, 0.1) is 35.6 Å². The normalized spacial score (nSPS) is 11.3. The smallest absolute Gasteiger partial charge is 0.414 e. The molecule has 0 saturated carbocycles. The van der Waals surface area contributed by atoms with Crippen molar-refractivity contribution in [3.8, 4) is 0 Å². The number of hydrogen-bond acceptors (Lipinski definition) is 4. The molecule has 1 aromatic carbocycles. The van der Waals surface area contributed by atoms with Crippen LogP contribution in [0.4, 0.5) is 25.0 Å². The summed E-state index contributed by atoms with van der Waals surface area (Å²) in [5.74, 6) is -2.33. The van der Waals surface area contributed by atoms with Gasteiger partial charge in [0.1, 0.15) is 11.3 Å². The average Bonchev–Trinajstić information content (AvgIpc) is 2.34. The SMILES string of the molecule is Cc1c(F)c(N(C)C(=O)OC(C)(C)C)c(F)c(C)c1[N+](=O)[O-]. The Balaban J connectivity index is 3.44. The molecular formula is C14H18F2N2O4.